The number of ether oxygens (including phenoxy) is 1. The van der Waals surface area contributed by atoms with Gasteiger partial charge in [0, 0.05) is 0 Å². The molecule has 3 rings (SSSR count). The van der Waals surface area contributed by atoms with E-state index in [2.05, 4.69) is 36.3 Å². The third-order valence-electron chi connectivity index (χ3n) is 2.41. The lowest BCUT2D eigenvalue weighted by Crippen LogP contribution is -2.01. The Labute approximate surface area is 121 Å². The summed E-state index contributed by atoms with van der Waals surface area (Å²) in [6.45, 7) is 0. The van der Waals surface area contributed by atoms with Gasteiger partial charge in [0.05, 0.1) is 18.2 Å². The average Bonchev–Trinajstić information content (AvgIpc) is 3.07. The molecule has 0 fully saturated rings. The fourth-order valence-electron chi connectivity index (χ4n) is 1.57. The van der Waals surface area contributed by atoms with Gasteiger partial charge in [0.15, 0.2) is 3.92 Å². The van der Waals surface area contributed by atoms with Crippen molar-refractivity contribution in [3.05, 3.63) is 34.4 Å². The minimum absolute atomic E-state index is 0.536. The van der Waals surface area contributed by atoms with E-state index >= 15 is 0 Å². The Hall–Kier alpha value is -1.80. The van der Waals surface area contributed by atoms with Gasteiger partial charge in [-0.3, -0.25) is 0 Å². The molecule has 0 spiro atoms. The summed E-state index contributed by atoms with van der Waals surface area (Å²) in [4.78, 5) is 6.40. The van der Waals surface area contributed by atoms with Crippen LogP contribution in [0, 0.1) is 0 Å². The third kappa shape index (κ3) is 2.36. The van der Waals surface area contributed by atoms with Crippen molar-refractivity contribution in [1.82, 2.24) is 25.2 Å². The topological polar surface area (TPSA) is 65.7 Å². The highest BCUT2D eigenvalue weighted by molar-refractivity contribution is 9.11. The van der Waals surface area contributed by atoms with Crippen molar-refractivity contribution in [2.24, 2.45) is 0 Å². The number of tetrazole rings is 1. The van der Waals surface area contributed by atoms with Crippen LogP contribution in [0.2, 0.25) is 0 Å². The van der Waals surface area contributed by atoms with Gasteiger partial charge in [0.2, 0.25) is 5.82 Å². The number of thiazole rings is 1. The molecule has 0 aliphatic rings. The zero-order chi connectivity index (χ0) is 13.2. The van der Waals surface area contributed by atoms with E-state index in [0.717, 1.165) is 14.5 Å². The van der Waals surface area contributed by atoms with Crippen LogP contribution in [0.1, 0.15) is 0 Å². The molecule has 0 unspecified atom stereocenters. The van der Waals surface area contributed by atoms with Crippen LogP contribution in [-0.2, 0) is 0 Å². The van der Waals surface area contributed by atoms with E-state index in [1.165, 1.54) is 16.1 Å². The van der Waals surface area contributed by atoms with Gasteiger partial charge in [-0.25, -0.2) is 4.98 Å². The standard InChI is InChI=1S/C11H8BrN5OS/c1-18-8-5-3-2-4-7(8)17-15-10(14-16-17)9-6-13-11(12)19-9/h2-6H,1H3. The highest BCUT2D eigenvalue weighted by Gasteiger charge is 2.12. The first-order valence-corrected chi connectivity index (χ1v) is 6.94. The van der Waals surface area contributed by atoms with E-state index in [1.54, 1.807) is 13.3 Å². The van der Waals surface area contributed by atoms with Crippen molar-refractivity contribution < 1.29 is 4.74 Å². The number of nitrogens with zero attached hydrogens (tertiary/aromatic N) is 5. The number of hydrogen-bond donors (Lipinski definition) is 0. The van der Waals surface area contributed by atoms with Crippen molar-refractivity contribution in [1.29, 1.82) is 0 Å². The molecule has 0 bridgehead atoms. The van der Waals surface area contributed by atoms with Crippen LogP contribution in [0.15, 0.2) is 34.4 Å². The molecular formula is C11H8BrN5OS. The molecule has 2 aromatic heterocycles. The smallest absolute Gasteiger partial charge is 0.216 e. The number of methoxy groups -OCH3 is 1. The Morgan fingerprint density at radius 2 is 2.16 bits per heavy atom. The molecule has 1 aromatic carbocycles. The Kier molecular flexibility index (Phi) is 3.26. The molecular weight excluding hydrogens is 330 g/mol. The summed E-state index contributed by atoms with van der Waals surface area (Å²) in [5.41, 5.74) is 0.743. The second-order valence-electron chi connectivity index (χ2n) is 3.55. The van der Waals surface area contributed by atoms with Crippen molar-refractivity contribution in [2.45, 2.75) is 0 Å². The molecule has 2 heterocycles. The van der Waals surface area contributed by atoms with Gasteiger partial charge in [0.1, 0.15) is 11.4 Å². The molecule has 0 saturated heterocycles. The molecule has 0 amide bonds. The fourth-order valence-corrected chi connectivity index (χ4v) is 2.76. The summed E-state index contributed by atoms with van der Waals surface area (Å²) in [7, 11) is 1.61. The minimum Gasteiger partial charge on any atom is -0.494 e. The Balaban J connectivity index is 2.01. The number of benzene rings is 1. The number of halogens is 1. The highest BCUT2D eigenvalue weighted by atomic mass is 79.9. The van der Waals surface area contributed by atoms with Gasteiger partial charge in [-0.2, -0.15) is 0 Å². The zero-order valence-corrected chi connectivity index (χ0v) is 12.2. The van der Waals surface area contributed by atoms with Crippen molar-refractivity contribution >= 4 is 27.3 Å². The zero-order valence-electron chi connectivity index (χ0n) is 9.82. The van der Waals surface area contributed by atoms with Crippen LogP contribution in [0.5, 0.6) is 5.75 Å². The number of rotatable bonds is 3. The summed E-state index contributed by atoms with van der Waals surface area (Å²) in [6, 6.07) is 7.50. The lowest BCUT2D eigenvalue weighted by atomic mass is 10.3. The lowest BCUT2D eigenvalue weighted by Gasteiger charge is -2.04. The maximum absolute atomic E-state index is 5.27. The first-order chi connectivity index (χ1) is 9.28. The molecule has 0 aliphatic heterocycles. The molecule has 3 aromatic rings. The van der Waals surface area contributed by atoms with Gasteiger partial charge in [0.25, 0.3) is 0 Å². The Morgan fingerprint density at radius 3 is 2.89 bits per heavy atom. The van der Waals surface area contributed by atoms with E-state index in [-0.39, 0.29) is 0 Å². The second-order valence-corrected chi connectivity index (χ2v) is 5.86. The molecule has 8 heteroatoms. The van der Waals surface area contributed by atoms with Gasteiger partial charge in [-0.1, -0.05) is 12.1 Å². The van der Waals surface area contributed by atoms with E-state index in [1.807, 2.05) is 24.3 Å². The van der Waals surface area contributed by atoms with Crippen LogP contribution in [0.3, 0.4) is 0 Å². The summed E-state index contributed by atoms with van der Waals surface area (Å²) in [5, 5.41) is 12.4. The largest absolute Gasteiger partial charge is 0.494 e. The molecule has 0 radical (unpaired) electrons. The van der Waals surface area contributed by atoms with Crippen molar-refractivity contribution in [2.75, 3.05) is 7.11 Å². The van der Waals surface area contributed by atoms with E-state index in [0.29, 0.717) is 11.6 Å². The van der Waals surface area contributed by atoms with Crippen molar-refractivity contribution in [3.63, 3.8) is 0 Å². The summed E-state index contributed by atoms with van der Waals surface area (Å²) in [5.74, 6) is 1.23. The Bertz CT molecular complexity index is 710. The molecule has 0 saturated carbocycles. The monoisotopic (exact) mass is 337 g/mol. The van der Waals surface area contributed by atoms with Crippen LogP contribution >= 0.6 is 27.3 Å². The molecule has 0 aliphatic carbocycles. The third-order valence-corrected chi connectivity index (χ3v) is 3.88. The summed E-state index contributed by atoms with van der Waals surface area (Å²) < 4.78 is 6.06. The maximum Gasteiger partial charge on any atom is 0.216 e. The first kappa shape index (κ1) is 12.2. The number of aromatic nitrogens is 5. The van der Waals surface area contributed by atoms with E-state index < -0.39 is 0 Å². The van der Waals surface area contributed by atoms with Gasteiger partial charge in [-0.15, -0.1) is 26.3 Å². The summed E-state index contributed by atoms with van der Waals surface area (Å²) >= 11 is 4.76. The lowest BCUT2D eigenvalue weighted by molar-refractivity contribution is 0.409. The number of para-hydroxylation sites is 2. The van der Waals surface area contributed by atoms with E-state index in [9.17, 15) is 0 Å². The van der Waals surface area contributed by atoms with Crippen LogP contribution < -0.4 is 4.74 Å². The molecule has 0 atom stereocenters. The predicted octanol–water partition coefficient (Wildman–Crippen LogP) is 2.56. The van der Waals surface area contributed by atoms with E-state index in [4.69, 9.17) is 4.74 Å². The average molecular weight is 338 g/mol. The predicted molar refractivity (Wildman–Crippen MR) is 74.5 cm³/mol. The Morgan fingerprint density at radius 1 is 1.32 bits per heavy atom. The molecule has 6 nitrogen and oxygen atoms in total. The van der Waals surface area contributed by atoms with Crippen LogP contribution in [0.25, 0.3) is 16.4 Å². The number of hydrogen-bond acceptors (Lipinski definition) is 6. The van der Waals surface area contributed by atoms with Crippen LogP contribution in [0.4, 0.5) is 0 Å². The van der Waals surface area contributed by atoms with Crippen molar-refractivity contribution in [3.8, 4) is 22.1 Å². The first-order valence-electron chi connectivity index (χ1n) is 5.33. The normalized spacial score (nSPS) is 10.6. The molecule has 19 heavy (non-hydrogen) atoms. The van der Waals surface area contributed by atoms with Gasteiger partial charge < -0.3 is 4.74 Å². The molecule has 0 N–H and O–H groups in total. The molecule has 96 valence electrons. The highest BCUT2D eigenvalue weighted by Crippen LogP contribution is 2.27. The maximum atomic E-state index is 5.27. The minimum atomic E-state index is 0.536. The van der Waals surface area contributed by atoms with Gasteiger partial charge in [-0.05, 0) is 33.3 Å². The SMILES string of the molecule is COc1ccccc1-n1nnc(-c2cnc(Br)s2)n1. The van der Waals surface area contributed by atoms with Crippen LogP contribution in [-0.4, -0.2) is 32.3 Å². The van der Waals surface area contributed by atoms with Gasteiger partial charge >= 0.3 is 0 Å². The quantitative estimate of drug-likeness (QED) is 0.734. The fraction of sp³-hybridized carbons (Fsp3) is 0.0909. The summed E-state index contributed by atoms with van der Waals surface area (Å²) in [6.07, 6.45) is 1.71. The second kappa shape index (κ2) is 5.06.